The lowest BCUT2D eigenvalue weighted by molar-refractivity contribution is -0.126. The molecule has 5 nitrogen and oxygen atoms in total. The number of hydrogen-bond acceptors (Lipinski definition) is 3. The Kier molecular flexibility index (Phi) is 6.95. The summed E-state index contributed by atoms with van der Waals surface area (Å²) in [6.45, 7) is 4.78. The zero-order chi connectivity index (χ0) is 18.4. The monoisotopic (exact) mass is 370 g/mol. The van der Waals surface area contributed by atoms with Gasteiger partial charge in [-0.1, -0.05) is 26.0 Å². The fraction of sp³-hybridized carbons (Fsp3) is 0.611. The third-order valence-corrected chi connectivity index (χ3v) is 6.66. The fourth-order valence-electron chi connectivity index (χ4n) is 3.09. The summed E-state index contributed by atoms with van der Waals surface area (Å²) in [5.41, 5.74) is 0.565. The van der Waals surface area contributed by atoms with Crippen molar-refractivity contribution < 1.29 is 17.6 Å². The molecule has 25 heavy (non-hydrogen) atoms. The maximum absolute atomic E-state index is 12.9. The van der Waals surface area contributed by atoms with Gasteiger partial charge in [-0.3, -0.25) is 4.79 Å². The summed E-state index contributed by atoms with van der Waals surface area (Å²) < 4.78 is 39.4. The lowest BCUT2D eigenvalue weighted by atomic mass is 9.96. The molecule has 1 amide bonds. The van der Waals surface area contributed by atoms with E-state index in [1.807, 2.05) is 13.8 Å². The second-order valence-corrected chi connectivity index (χ2v) is 8.55. The van der Waals surface area contributed by atoms with Crippen LogP contribution in [-0.2, 0) is 20.6 Å². The molecule has 2 rings (SSSR count). The minimum atomic E-state index is -3.45. The Morgan fingerprint density at radius 3 is 2.28 bits per heavy atom. The van der Waals surface area contributed by atoms with E-state index in [1.165, 1.54) is 28.6 Å². The number of nitrogens with one attached hydrogen (secondary N) is 1. The van der Waals surface area contributed by atoms with Crippen molar-refractivity contribution in [3.05, 3.63) is 35.6 Å². The number of benzene rings is 1. The van der Waals surface area contributed by atoms with Gasteiger partial charge in [-0.2, -0.15) is 0 Å². The molecule has 0 aliphatic carbocycles. The van der Waals surface area contributed by atoms with E-state index in [9.17, 15) is 17.6 Å². The van der Waals surface area contributed by atoms with Crippen LogP contribution in [0.2, 0.25) is 0 Å². The Hall–Kier alpha value is -1.47. The number of rotatable bonds is 7. The molecule has 1 fully saturated rings. The molecule has 0 saturated carbocycles. The summed E-state index contributed by atoms with van der Waals surface area (Å²) in [5.74, 6) is -0.620. The van der Waals surface area contributed by atoms with E-state index in [2.05, 4.69) is 5.32 Å². The Labute approximate surface area is 149 Å². The average molecular weight is 370 g/mol. The molecule has 1 N–H and O–H groups in total. The number of carbonyl (C=O) groups excluding carboxylic acids is 1. The Balaban J connectivity index is 1.90. The predicted octanol–water partition coefficient (Wildman–Crippen LogP) is 2.67. The highest BCUT2D eigenvalue weighted by Crippen LogP contribution is 2.22. The van der Waals surface area contributed by atoms with Crippen LogP contribution in [-0.4, -0.2) is 37.8 Å². The number of amides is 1. The first-order valence-electron chi connectivity index (χ1n) is 8.88. The second-order valence-electron chi connectivity index (χ2n) is 6.58. The maximum atomic E-state index is 12.9. The molecule has 0 unspecified atom stereocenters. The first-order valence-corrected chi connectivity index (χ1v) is 10.5. The van der Waals surface area contributed by atoms with Crippen LogP contribution in [0.15, 0.2) is 24.3 Å². The Bertz CT molecular complexity index is 664. The van der Waals surface area contributed by atoms with Crippen molar-refractivity contribution in [1.29, 1.82) is 0 Å². The molecular formula is C18H27FN2O3S. The fourth-order valence-corrected chi connectivity index (χ4v) is 4.65. The van der Waals surface area contributed by atoms with Gasteiger partial charge in [0.25, 0.3) is 0 Å². The van der Waals surface area contributed by atoms with E-state index in [0.717, 1.165) is 12.8 Å². The molecule has 140 valence electrons. The maximum Gasteiger partial charge on any atom is 0.223 e. The highest BCUT2D eigenvalue weighted by Gasteiger charge is 2.31. The highest BCUT2D eigenvalue weighted by molar-refractivity contribution is 7.88. The first kappa shape index (κ1) is 19.8. The van der Waals surface area contributed by atoms with Gasteiger partial charge in [0.15, 0.2) is 0 Å². The van der Waals surface area contributed by atoms with Gasteiger partial charge in [-0.05, 0) is 43.4 Å². The van der Waals surface area contributed by atoms with Crippen molar-refractivity contribution in [2.24, 2.45) is 5.92 Å². The summed E-state index contributed by atoms with van der Waals surface area (Å²) in [7, 11) is -3.45. The quantitative estimate of drug-likeness (QED) is 0.802. The van der Waals surface area contributed by atoms with E-state index in [-0.39, 0.29) is 29.4 Å². The van der Waals surface area contributed by atoms with Gasteiger partial charge in [0.1, 0.15) is 5.82 Å². The normalized spacial score (nSPS) is 17.0. The highest BCUT2D eigenvalue weighted by atomic mass is 32.2. The van der Waals surface area contributed by atoms with Crippen LogP contribution in [0, 0.1) is 11.7 Å². The second kappa shape index (κ2) is 8.76. The number of nitrogens with zero attached hydrogens (tertiary/aromatic N) is 1. The Morgan fingerprint density at radius 1 is 1.20 bits per heavy atom. The van der Waals surface area contributed by atoms with Crippen LogP contribution in [0.4, 0.5) is 4.39 Å². The SMILES string of the molecule is CCC(CC)NC(=O)C1CCN(S(=O)(=O)Cc2ccc(F)cc2)CC1. The molecule has 1 aromatic carbocycles. The van der Waals surface area contributed by atoms with Gasteiger partial charge in [0.2, 0.25) is 15.9 Å². The van der Waals surface area contributed by atoms with E-state index < -0.39 is 10.0 Å². The van der Waals surface area contributed by atoms with Crippen molar-refractivity contribution >= 4 is 15.9 Å². The minimum absolute atomic E-state index is 0.0317. The third kappa shape index (κ3) is 5.51. The van der Waals surface area contributed by atoms with Crippen molar-refractivity contribution in [1.82, 2.24) is 9.62 Å². The summed E-state index contributed by atoms with van der Waals surface area (Å²) >= 11 is 0. The van der Waals surface area contributed by atoms with Crippen molar-refractivity contribution in [2.45, 2.75) is 51.3 Å². The van der Waals surface area contributed by atoms with E-state index >= 15 is 0 Å². The lowest BCUT2D eigenvalue weighted by Gasteiger charge is -2.31. The zero-order valence-corrected chi connectivity index (χ0v) is 15.7. The smallest absolute Gasteiger partial charge is 0.223 e. The van der Waals surface area contributed by atoms with Crippen LogP contribution in [0.25, 0.3) is 0 Å². The molecule has 0 spiro atoms. The van der Waals surface area contributed by atoms with Crippen molar-refractivity contribution in [2.75, 3.05) is 13.1 Å². The van der Waals surface area contributed by atoms with Gasteiger partial charge in [-0.15, -0.1) is 0 Å². The predicted molar refractivity (Wildman–Crippen MR) is 95.8 cm³/mol. The molecule has 1 saturated heterocycles. The molecule has 0 radical (unpaired) electrons. The summed E-state index contributed by atoms with van der Waals surface area (Å²) in [4.78, 5) is 12.3. The topological polar surface area (TPSA) is 66.5 Å². The van der Waals surface area contributed by atoms with Crippen LogP contribution in [0.3, 0.4) is 0 Å². The van der Waals surface area contributed by atoms with Crippen molar-refractivity contribution in [3.63, 3.8) is 0 Å². The van der Waals surface area contributed by atoms with Gasteiger partial charge in [0.05, 0.1) is 5.75 Å². The van der Waals surface area contributed by atoms with Gasteiger partial charge >= 0.3 is 0 Å². The summed E-state index contributed by atoms with van der Waals surface area (Å²) in [5, 5.41) is 3.04. The van der Waals surface area contributed by atoms with Crippen LogP contribution in [0.5, 0.6) is 0 Å². The van der Waals surface area contributed by atoms with Crippen LogP contribution < -0.4 is 5.32 Å². The standard InChI is InChI=1S/C18H27FN2O3S/c1-3-17(4-2)20-18(22)15-9-11-21(12-10-15)25(23,24)13-14-5-7-16(19)8-6-14/h5-8,15,17H,3-4,9-13H2,1-2H3,(H,20,22). The summed E-state index contributed by atoms with van der Waals surface area (Å²) in [6.07, 6.45) is 2.86. The van der Waals surface area contributed by atoms with Gasteiger partial charge in [-0.25, -0.2) is 17.1 Å². The number of sulfonamides is 1. The largest absolute Gasteiger partial charge is 0.353 e. The molecule has 1 heterocycles. The van der Waals surface area contributed by atoms with E-state index in [0.29, 0.717) is 31.5 Å². The van der Waals surface area contributed by atoms with Crippen molar-refractivity contribution in [3.8, 4) is 0 Å². The lowest BCUT2D eigenvalue weighted by Crippen LogP contribution is -2.45. The van der Waals surface area contributed by atoms with E-state index in [1.54, 1.807) is 0 Å². The molecule has 1 aromatic rings. The third-order valence-electron chi connectivity index (χ3n) is 4.81. The number of carbonyl (C=O) groups is 1. The minimum Gasteiger partial charge on any atom is -0.353 e. The van der Waals surface area contributed by atoms with E-state index in [4.69, 9.17) is 0 Å². The van der Waals surface area contributed by atoms with Gasteiger partial charge in [0, 0.05) is 25.0 Å². The molecule has 0 atom stereocenters. The molecule has 0 aromatic heterocycles. The number of piperidine rings is 1. The van der Waals surface area contributed by atoms with Gasteiger partial charge < -0.3 is 5.32 Å². The average Bonchev–Trinajstić information content (AvgIpc) is 2.61. The molecular weight excluding hydrogens is 343 g/mol. The zero-order valence-electron chi connectivity index (χ0n) is 14.9. The summed E-state index contributed by atoms with van der Waals surface area (Å²) in [6, 6.07) is 5.69. The van der Waals surface area contributed by atoms with Crippen LogP contribution >= 0.6 is 0 Å². The number of halogens is 1. The Morgan fingerprint density at radius 2 is 1.76 bits per heavy atom. The molecule has 1 aliphatic rings. The first-order chi connectivity index (χ1) is 11.9. The molecule has 0 bridgehead atoms. The molecule has 1 aliphatic heterocycles. The van der Waals surface area contributed by atoms with Crippen LogP contribution in [0.1, 0.15) is 45.1 Å². The number of hydrogen-bond donors (Lipinski definition) is 1. The molecule has 7 heteroatoms.